The third-order valence-corrected chi connectivity index (χ3v) is 3.75. The van der Waals surface area contributed by atoms with Crippen LogP contribution in [0.4, 0.5) is 0 Å². The van der Waals surface area contributed by atoms with Crippen molar-refractivity contribution in [1.82, 2.24) is 10.2 Å². The number of hydrogen-bond donors (Lipinski definition) is 2. The predicted molar refractivity (Wildman–Crippen MR) is 73.4 cm³/mol. The summed E-state index contributed by atoms with van der Waals surface area (Å²) in [5.74, 6) is 0.505. The van der Waals surface area contributed by atoms with E-state index in [2.05, 4.69) is 19.2 Å². The van der Waals surface area contributed by atoms with Crippen molar-refractivity contribution in [2.75, 3.05) is 19.7 Å². The molecule has 4 heteroatoms. The fourth-order valence-electron chi connectivity index (χ4n) is 2.41. The average molecular weight is 256 g/mol. The molecule has 0 radical (unpaired) electrons. The maximum absolute atomic E-state index is 12.3. The zero-order valence-electron chi connectivity index (χ0n) is 12.0. The number of rotatable bonds is 5. The van der Waals surface area contributed by atoms with E-state index in [9.17, 15) is 9.90 Å². The van der Waals surface area contributed by atoms with Crippen LogP contribution in [0.5, 0.6) is 0 Å². The minimum Gasteiger partial charge on any atom is -0.395 e. The first kappa shape index (κ1) is 15.4. The van der Waals surface area contributed by atoms with Gasteiger partial charge in [-0.1, -0.05) is 26.7 Å². The summed E-state index contributed by atoms with van der Waals surface area (Å²) in [6, 6.07) is -0.210. The monoisotopic (exact) mass is 256 g/mol. The fourth-order valence-corrected chi connectivity index (χ4v) is 2.41. The molecular weight excluding hydrogens is 228 g/mol. The number of hydrogen-bond acceptors (Lipinski definition) is 3. The number of nitrogens with zero attached hydrogens (tertiary/aromatic N) is 1. The van der Waals surface area contributed by atoms with Gasteiger partial charge in [-0.2, -0.15) is 0 Å². The summed E-state index contributed by atoms with van der Waals surface area (Å²) in [4.78, 5) is 14.3. The van der Waals surface area contributed by atoms with Crippen LogP contribution in [0.15, 0.2) is 0 Å². The molecule has 1 fully saturated rings. The molecule has 0 aromatic heterocycles. The molecule has 1 rings (SSSR count). The number of aliphatic hydroxyl groups is 1. The van der Waals surface area contributed by atoms with Crippen molar-refractivity contribution in [2.45, 2.75) is 58.5 Å². The van der Waals surface area contributed by atoms with Crippen LogP contribution in [0.25, 0.3) is 0 Å². The second-order valence-corrected chi connectivity index (χ2v) is 5.66. The zero-order valence-corrected chi connectivity index (χ0v) is 12.0. The molecule has 1 saturated heterocycles. The number of likely N-dealkylation sites (tertiary alicyclic amines) is 1. The summed E-state index contributed by atoms with van der Waals surface area (Å²) in [7, 11) is 0. The maximum Gasteiger partial charge on any atom is 0.239 e. The second-order valence-electron chi connectivity index (χ2n) is 5.66. The third-order valence-electron chi connectivity index (χ3n) is 3.75. The molecule has 106 valence electrons. The molecular formula is C14H28N2O2. The normalized spacial score (nSPS) is 20.6. The van der Waals surface area contributed by atoms with Gasteiger partial charge in [-0.3, -0.25) is 4.79 Å². The molecule has 0 spiro atoms. The Morgan fingerprint density at radius 2 is 1.72 bits per heavy atom. The first-order valence-corrected chi connectivity index (χ1v) is 7.22. The van der Waals surface area contributed by atoms with Crippen LogP contribution in [-0.2, 0) is 4.79 Å². The molecule has 0 bridgehead atoms. The summed E-state index contributed by atoms with van der Waals surface area (Å²) in [6.07, 6.45) is 4.70. The summed E-state index contributed by atoms with van der Waals surface area (Å²) >= 11 is 0. The highest BCUT2D eigenvalue weighted by atomic mass is 16.3. The van der Waals surface area contributed by atoms with E-state index >= 15 is 0 Å². The Morgan fingerprint density at radius 3 is 2.17 bits per heavy atom. The van der Waals surface area contributed by atoms with Gasteiger partial charge < -0.3 is 15.3 Å². The van der Waals surface area contributed by atoms with Crippen molar-refractivity contribution in [1.29, 1.82) is 0 Å². The van der Waals surface area contributed by atoms with Crippen molar-refractivity contribution in [3.8, 4) is 0 Å². The van der Waals surface area contributed by atoms with Crippen LogP contribution in [-0.4, -0.2) is 47.7 Å². The van der Waals surface area contributed by atoms with Crippen molar-refractivity contribution in [3.05, 3.63) is 0 Å². The van der Waals surface area contributed by atoms with Crippen molar-refractivity contribution >= 4 is 5.91 Å². The SMILES string of the molecule is CC(NC(CO)C(C)C)C(=O)N1CCCCCC1. The molecule has 2 N–H and O–H groups in total. The van der Waals surface area contributed by atoms with Crippen LogP contribution in [0.3, 0.4) is 0 Å². The lowest BCUT2D eigenvalue weighted by molar-refractivity contribution is -0.133. The summed E-state index contributed by atoms with van der Waals surface area (Å²) in [6.45, 7) is 7.86. The molecule has 0 saturated carbocycles. The van der Waals surface area contributed by atoms with Gasteiger partial charge >= 0.3 is 0 Å². The third kappa shape index (κ3) is 4.58. The van der Waals surface area contributed by atoms with E-state index in [1.807, 2.05) is 11.8 Å². The minimum atomic E-state index is -0.206. The molecule has 1 amide bonds. The highest BCUT2D eigenvalue weighted by Gasteiger charge is 2.24. The van der Waals surface area contributed by atoms with Gasteiger partial charge in [0.2, 0.25) is 5.91 Å². The number of amides is 1. The van der Waals surface area contributed by atoms with E-state index in [0.29, 0.717) is 5.92 Å². The number of aliphatic hydroxyl groups excluding tert-OH is 1. The van der Waals surface area contributed by atoms with Gasteiger partial charge in [0, 0.05) is 19.1 Å². The highest BCUT2D eigenvalue weighted by Crippen LogP contribution is 2.11. The van der Waals surface area contributed by atoms with Gasteiger partial charge in [0.25, 0.3) is 0 Å². The smallest absolute Gasteiger partial charge is 0.239 e. The van der Waals surface area contributed by atoms with E-state index in [1.165, 1.54) is 12.8 Å². The molecule has 18 heavy (non-hydrogen) atoms. The van der Waals surface area contributed by atoms with Gasteiger partial charge in [-0.25, -0.2) is 0 Å². The van der Waals surface area contributed by atoms with E-state index in [4.69, 9.17) is 0 Å². The van der Waals surface area contributed by atoms with Gasteiger partial charge in [0.15, 0.2) is 0 Å². The average Bonchev–Trinajstić information content (AvgIpc) is 2.62. The van der Waals surface area contributed by atoms with E-state index in [-0.39, 0.29) is 24.6 Å². The lowest BCUT2D eigenvalue weighted by Gasteiger charge is -2.28. The van der Waals surface area contributed by atoms with Crippen molar-refractivity contribution in [3.63, 3.8) is 0 Å². The Labute approximate surface area is 111 Å². The van der Waals surface area contributed by atoms with Crippen LogP contribution in [0, 0.1) is 5.92 Å². The van der Waals surface area contributed by atoms with Gasteiger partial charge in [0.1, 0.15) is 0 Å². The largest absolute Gasteiger partial charge is 0.395 e. The zero-order chi connectivity index (χ0) is 13.5. The van der Waals surface area contributed by atoms with Crippen LogP contribution >= 0.6 is 0 Å². The molecule has 2 atom stereocenters. The molecule has 2 unspecified atom stereocenters. The fraction of sp³-hybridized carbons (Fsp3) is 0.929. The molecule has 1 aliphatic heterocycles. The quantitative estimate of drug-likeness (QED) is 0.781. The molecule has 4 nitrogen and oxygen atoms in total. The van der Waals surface area contributed by atoms with Crippen molar-refractivity contribution < 1.29 is 9.90 Å². The van der Waals surface area contributed by atoms with E-state index in [0.717, 1.165) is 25.9 Å². The minimum absolute atomic E-state index is 0.00377. The Morgan fingerprint density at radius 1 is 1.17 bits per heavy atom. The Bertz CT molecular complexity index is 248. The summed E-state index contributed by atoms with van der Waals surface area (Å²) in [5, 5.41) is 12.5. The number of carbonyl (C=O) groups excluding carboxylic acids is 1. The maximum atomic E-state index is 12.3. The topological polar surface area (TPSA) is 52.6 Å². The van der Waals surface area contributed by atoms with Gasteiger partial charge in [-0.15, -0.1) is 0 Å². The lowest BCUT2D eigenvalue weighted by Crippen LogP contribution is -2.51. The van der Waals surface area contributed by atoms with Crippen LogP contribution in [0.1, 0.15) is 46.5 Å². The molecule has 1 aliphatic rings. The molecule has 0 aromatic rings. The summed E-state index contributed by atoms with van der Waals surface area (Å²) < 4.78 is 0. The first-order chi connectivity index (χ1) is 8.56. The summed E-state index contributed by atoms with van der Waals surface area (Å²) in [5.41, 5.74) is 0. The first-order valence-electron chi connectivity index (χ1n) is 7.22. The molecule has 0 aromatic carbocycles. The molecule has 0 aliphatic carbocycles. The highest BCUT2D eigenvalue weighted by molar-refractivity contribution is 5.81. The predicted octanol–water partition coefficient (Wildman–Crippen LogP) is 1.38. The standard InChI is InChI=1S/C14H28N2O2/c1-11(2)13(10-17)15-12(3)14(18)16-8-6-4-5-7-9-16/h11-13,15,17H,4-10H2,1-3H3. The van der Waals surface area contributed by atoms with Crippen molar-refractivity contribution in [2.24, 2.45) is 5.92 Å². The Kier molecular flexibility index (Phi) is 6.65. The van der Waals surface area contributed by atoms with Crippen LogP contribution in [0.2, 0.25) is 0 Å². The second kappa shape index (κ2) is 7.74. The van der Waals surface area contributed by atoms with Gasteiger partial charge in [0.05, 0.1) is 12.6 Å². The molecule has 1 heterocycles. The lowest BCUT2D eigenvalue weighted by atomic mass is 10.0. The van der Waals surface area contributed by atoms with Gasteiger partial charge in [-0.05, 0) is 25.7 Å². The number of carbonyl (C=O) groups is 1. The van der Waals surface area contributed by atoms with E-state index < -0.39 is 0 Å². The number of nitrogens with one attached hydrogen (secondary N) is 1. The van der Waals surface area contributed by atoms with E-state index in [1.54, 1.807) is 0 Å². The van der Waals surface area contributed by atoms with Crippen LogP contribution < -0.4 is 5.32 Å². The Hall–Kier alpha value is -0.610. The Balaban J connectivity index is 2.48.